The number of amides is 3. The zero-order chi connectivity index (χ0) is 22.0. The van der Waals surface area contributed by atoms with Crippen molar-refractivity contribution in [2.75, 3.05) is 6.54 Å². The van der Waals surface area contributed by atoms with Crippen molar-refractivity contribution in [1.82, 2.24) is 9.80 Å². The number of halogens is 1. The second-order valence-corrected chi connectivity index (χ2v) is 7.39. The van der Waals surface area contributed by atoms with E-state index in [9.17, 15) is 18.8 Å². The minimum absolute atomic E-state index is 0.178. The van der Waals surface area contributed by atoms with Gasteiger partial charge in [0.1, 0.15) is 5.82 Å². The molecule has 1 aliphatic heterocycles. The topological polar surface area (TPSA) is 57.7 Å². The van der Waals surface area contributed by atoms with Crippen LogP contribution in [0, 0.1) is 5.82 Å². The molecule has 6 heteroatoms. The van der Waals surface area contributed by atoms with Crippen LogP contribution in [0.2, 0.25) is 0 Å². The highest BCUT2D eigenvalue weighted by molar-refractivity contribution is 6.22. The Balaban J connectivity index is 1.56. The van der Waals surface area contributed by atoms with Crippen molar-refractivity contribution < 1.29 is 18.8 Å². The standard InChI is InChI=1S/C25H21FN2O3/c1-2-27(15-18-9-6-10-20(26)13-18)23(29)19-11-12-21-22(14-19)25(31)28(24(21)30)16-17-7-4-3-5-8-17/h3-14H,2,15-16H2,1H3. The van der Waals surface area contributed by atoms with E-state index in [-0.39, 0.29) is 36.3 Å². The molecule has 0 spiro atoms. The van der Waals surface area contributed by atoms with E-state index in [0.29, 0.717) is 23.2 Å². The van der Waals surface area contributed by atoms with Crippen molar-refractivity contribution in [3.63, 3.8) is 0 Å². The first kappa shape index (κ1) is 20.5. The molecule has 0 N–H and O–H groups in total. The van der Waals surface area contributed by atoms with E-state index in [4.69, 9.17) is 0 Å². The Labute approximate surface area is 179 Å². The molecule has 3 amide bonds. The predicted molar refractivity (Wildman–Crippen MR) is 114 cm³/mol. The number of carbonyl (C=O) groups excluding carboxylic acids is 3. The van der Waals surface area contributed by atoms with Gasteiger partial charge in [0, 0.05) is 18.7 Å². The molecule has 5 nitrogen and oxygen atoms in total. The highest BCUT2D eigenvalue weighted by Gasteiger charge is 2.36. The fraction of sp³-hybridized carbons (Fsp3) is 0.160. The lowest BCUT2D eigenvalue weighted by molar-refractivity contribution is 0.0642. The molecule has 0 saturated carbocycles. The number of rotatable bonds is 6. The molecule has 156 valence electrons. The zero-order valence-electron chi connectivity index (χ0n) is 17.0. The number of benzene rings is 3. The number of fused-ring (bicyclic) bond motifs is 1. The van der Waals surface area contributed by atoms with Gasteiger partial charge in [0.15, 0.2) is 0 Å². The fourth-order valence-corrected chi connectivity index (χ4v) is 3.70. The van der Waals surface area contributed by atoms with Gasteiger partial charge in [-0.2, -0.15) is 0 Å². The molecule has 0 fully saturated rings. The Morgan fingerprint density at radius 1 is 0.871 bits per heavy atom. The van der Waals surface area contributed by atoms with E-state index in [1.807, 2.05) is 37.3 Å². The predicted octanol–water partition coefficient (Wildman–Crippen LogP) is 4.28. The first-order valence-electron chi connectivity index (χ1n) is 10.1. The van der Waals surface area contributed by atoms with Crippen LogP contribution >= 0.6 is 0 Å². The summed E-state index contributed by atoms with van der Waals surface area (Å²) in [5, 5.41) is 0. The van der Waals surface area contributed by atoms with Crippen molar-refractivity contribution >= 4 is 17.7 Å². The number of carbonyl (C=O) groups is 3. The molecule has 1 heterocycles. The minimum atomic E-state index is -0.410. The monoisotopic (exact) mass is 416 g/mol. The van der Waals surface area contributed by atoms with E-state index in [1.165, 1.54) is 29.2 Å². The molecule has 0 bridgehead atoms. The van der Waals surface area contributed by atoms with Gasteiger partial charge in [0.25, 0.3) is 17.7 Å². The number of imide groups is 1. The van der Waals surface area contributed by atoms with Crippen LogP contribution in [-0.2, 0) is 13.1 Å². The fourth-order valence-electron chi connectivity index (χ4n) is 3.70. The average Bonchev–Trinajstić information content (AvgIpc) is 3.02. The lowest BCUT2D eigenvalue weighted by Gasteiger charge is -2.21. The summed E-state index contributed by atoms with van der Waals surface area (Å²) in [5.41, 5.74) is 2.37. The van der Waals surface area contributed by atoms with Crippen LogP contribution in [-0.4, -0.2) is 34.1 Å². The van der Waals surface area contributed by atoms with Crippen LogP contribution in [0.5, 0.6) is 0 Å². The van der Waals surface area contributed by atoms with E-state index >= 15 is 0 Å². The summed E-state index contributed by atoms with van der Waals surface area (Å²) >= 11 is 0. The molecular formula is C25H21FN2O3. The molecule has 0 radical (unpaired) electrons. The highest BCUT2D eigenvalue weighted by Crippen LogP contribution is 2.26. The van der Waals surface area contributed by atoms with Crippen molar-refractivity contribution in [2.45, 2.75) is 20.0 Å². The van der Waals surface area contributed by atoms with Gasteiger partial charge in [-0.25, -0.2) is 4.39 Å². The van der Waals surface area contributed by atoms with Crippen LogP contribution in [0.4, 0.5) is 4.39 Å². The first-order valence-corrected chi connectivity index (χ1v) is 10.1. The van der Waals surface area contributed by atoms with Crippen LogP contribution in [0.15, 0.2) is 72.8 Å². The van der Waals surface area contributed by atoms with Crippen molar-refractivity contribution in [2.24, 2.45) is 0 Å². The summed E-state index contributed by atoms with van der Waals surface area (Å²) in [5.74, 6) is -1.42. The van der Waals surface area contributed by atoms with Crippen molar-refractivity contribution in [3.05, 3.63) is 106 Å². The Kier molecular flexibility index (Phi) is 5.62. The van der Waals surface area contributed by atoms with Gasteiger partial charge in [-0.3, -0.25) is 19.3 Å². The van der Waals surface area contributed by atoms with Crippen molar-refractivity contribution in [3.8, 4) is 0 Å². The van der Waals surface area contributed by atoms with Gasteiger partial charge in [0.2, 0.25) is 0 Å². The van der Waals surface area contributed by atoms with E-state index in [1.54, 1.807) is 23.1 Å². The number of nitrogens with zero attached hydrogens (tertiary/aromatic N) is 2. The molecule has 0 atom stereocenters. The Hall–Kier alpha value is -3.80. The maximum absolute atomic E-state index is 13.5. The summed E-state index contributed by atoms with van der Waals surface area (Å²) in [4.78, 5) is 41.4. The summed E-state index contributed by atoms with van der Waals surface area (Å²) in [7, 11) is 0. The second-order valence-electron chi connectivity index (χ2n) is 7.39. The van der Waals surface area contributed by atoms with Crippen LogP contribution in [0.25, 0.3) is 0 Å². The average molecular weight is 416 g/mol. The minimum Gasteiger partial charge on any atom is -0.335 e. The van der Waals surface area contributed by atoms with Gasteiger partial charge >= 0.3 is 0 Å². The summed E-state index contributed by atoms with van der Waals surface area (Å²) in [6.45, 7) is 2.68. The molecule has 4 rings (SSSR count). The van der Waals surface area contributed by atoms with E-state index < -0.39 is 5.91 Å². The zero-order valence-corrected chi connectivity index (χ0v) is 17.0. The third-order valence-electron chi connectivity index (χ3n) is 5.33. The quantitative estimate of drug-likeness (QED) is 0.564. The highest BCUT2D eigenvalue weighted by atomic mass is 19.1. The molecule has 3 aromatic carbocycles. The molecular weight excluding hydrogens is 395 g/mol. The smallest absolute Gasteiger partial charge is 0.261 e. The normalized spacial score (nSPS) is 12.8. The molecule has 0 unspecified atom stereocenters. The summed E-state index contributed by atoms with van der Waals surface area (Å²) < 4.78 is 13.5. The second kappa shape index (κ2) is 8.52. The van der Waals surface area contributed by atoms with Gasteiger partial charge in [-0.05, 0) is 48.4 Å². The van der Waals surface area contributed by atoms with E-state index in [2.05, 4.69) is 0 Å². The van der Waals surface area contributed by atoms with Gasteiger partial charge in [-0.15, -0.1) is 0 Å². The van der Waals surface area contributed by atoms with Crippen LogP contribution in [0.3, 0.4) is 0 Å². The Morgan fingerprint density at radius 2 is 1.58 bits per heavy atom. The maximum Gasteiger partial charge on any atom is 0.261 e. The maximum atomic E-state index is 13.5. The van der Waals surface area contributed by atoms with Gasteiger partial charge < -0.3 is 4.90 Å². The Bertz CT molecular complexity index is 1160. The first-order chi connectivity index (χ1) is 15.0. The molecule has 0 aromatic heterocycles. The number of hydrogen-bond donors (Lipinski definition) is 0. The van der Waals surface area contributed by atoms with Crippen molar-refractivity contribution in [1.29, 1.82) is 0 Å². The van der Waals surface area contributed by atoms with E-state index in [0.717, 1.165) is 5.56 Å². The van der Waals surface area contributed by atoms with Crippen LogP contribution < -0.4 is 0 Å². The lowest BCUT2D eigenvalue weighted by atomic mass is 10.0. The van der Waals surface area contributed by atoms with Gasteiger partial charge in [-0.1, -0.05) is 42.5 Å². The number of hydrogen-bond acceptors (Lipinski definition) is 3. The van der Waals surface area contributed by atoms with Gasteiger partial charge in [0.05, 0.1) is 17.7 Å². The van der Waals surface area contributed by atoms with Crippen LogP contribution in [0.1, 0.15) is 49.1 Å². The SMILES string of the molecule is CCN(Cc1cccc(F)c1)C(=O)c1ccc2c(c1)C(=O)N(Cc1ccccc1)C2=O. The Morgan fingerprint density at radius 3 is 2.29 bits per heavy atom. The molecule has 3 aromatic rings. The largest absolute Gasteiger partial charge is 0.335 e. The lowest BCUT2D eigenvalue weighted by Crippen LogP contribution is -2.30. The molecule has 31 heavy (non-hydrogen) atoms. The molecule has 0 saturated heterocycles. The molecule has 0 aliphatic carbocycles. The summed E-state index contributed by atoms with van der Waals surface area (Å²) in [6.07, 6.45) is 0. The third kappa shape index (κ3) is 4.10. The summed E-state index contributed by atoms with van der Waals surface area (Å²) in [6, 6.07) is 19.9. The third-order valence-corrected chi connectivity index (χ3v) is 5.33. The molecule has 1 aliphatic rings.